The van der Waals surface area contributed by atoms with E-state index in [0.29, 0.717) is 16.8 Å². The number of nitrogens with zero attached hydrogens (tertiary/aromatic N) is 3. The van der Waals surface area contributed by atoms with E-state index in [9.17, 15) is 0 Å². The molecular formula is C9H6ClN5S. The summed E-state index contributed by atoms with van der Waals surface area (Å²) in [6.07, 6.45) is 1.43. The first-order chi connectivity index (χ1) is 7.74. The number of hydrogen-bond acceptors (Lipinski definition) is 6. The van der Waals surface area contributed by atoms with E-state index in [0.717, 1.165) is 15.6 Å². The molecule has 0 amide bonds. The van der Waals surface area contributed by atoms with Crippen molar-refractivity contribution >= 4 is 40.7 Å². The summed E-state index contributed by atoms with van der Waals surface area (Å²) in [6.45, 7) is 0. The number of nitrogens with one attached hydrogen (secondary N) is 1. The Kier molecular flexibility index (Phi) is 2.12. The maximum atomic E-state index is 5.83. The molecule has 2 aromatic heterocycles. The van der Waals surface area contributed by atoms with Crippen LogP contribution < -0.4 is 11.1 Å². The molecule has 0 unspecified atom stereocenters. The van der Waals surface area contributed by atoms with Gasteiger partial charge in [0.2, 0.25) is 0 Å². The molecule has 0 spiro atoms. The van der Waals surface area contributed by atoms with Gasteiger partial charge < -0.3 is 11.1 Å². The summed E-state index contributed by atoms with van der Waals surface area (Å²) in [6, 6.07) is 3.59. The molecule has 0 radical (unpaired) electrons. The average Bonchev–Trinajstić information content (AvgIpc) is 2.28. The first-order valence-electron chi connectivity index (χ1n) is 4.46. The number of nitrogen functional groups attached to an aromatic ring is 1. The van der Waals surface area contributed by atoms with Crippen LogP contribution in [-0.2, 0) is 0 Å². The highest BCUT2D eigenvalue weighted by Gasteiger charge is 2.20. The zero-order valence-corrected chi connectivity index (χ0v) is 9.51. The summed E-state index contributed by atoms with van der Waals surface area (Å²) in [5, 5.41) is 4.37. The van der Waals surface area contributed by atoms with Crippen molar-refractivity contribution in [2.75, 3.05) is 11.1 Å². The normalized spacial score (nSPS) is 12.6. The SMILES string of the molecule is Nc1ncnc2c1Sc1nc(Cl)ccc1N2. The molecule has 3 N–H and O–H groups in total. The fourth-order valence-electron chi connectivity index (χ4n) is 1.39. The molecular weight excluding hydrogens is 246 g/mol. The second kappa shape index (κ2) is 3.50. The molecule has 1 aliphatic heterocycles. The van der Waals surface area contributed by atoms with Crippen molar-refractivity contribution in [3.05, 3.63) is 23.6 Å². The van der Waals surface area contributed by atoms with Crippen LogP contribution in [0.1, 0.15) is 0 Å². The zero-order valence-electron chi connectivity index (χ0n) is 7.94. The topological polar surface area (TPSA) is 76.7 Å². The van der Waals surface area contributed by atoms with Crippen LogP contribution in [0.2, 0.25) is 5.15 Å². The number of pyridine rings is 1. The van der Waals surface area contributed by atoms with E-state index >= 15 is 0 Å². The number of aromatic nitrogens is 3. The van der Waals surface area contributed by atoms with Gasteiger partial charge in [-0.3, -0.25) is 0 Å². The Labute approximate surface area is 100 Å². The predicted molar refractivity (Wildman–Crippen MR) is 63.1 cm³/mol. The molecule has 16 heavy (non-hydrogen) atoms. The minimum atomic E-state index is 0.440. The van der Waals surface area contributed by atoms with Gasteiger partial charge in [-0.25, -0.2) is 15.0 Å². The highest BCUT2D eigenvalue weighted by Crippen LogP contribution is 2.44. The van der Waals surface area contributed by atoms with Crippen LogP contribution in [0.5, 0.6) is 0 Å². The molecule has 2 aromatic rings. The first-order valence-corrected chi connectivity index (χ1v) is 5.65. The second-order valence-corrected chi connectivity index (χ2v) is 4.54. The van der Waals surface area contributed by atoms with Crippen molar-refractivity contribution < 1.29 is 0 Å². The second-order valence-electron chi connectivity index (χ2n) is 3.15. The van der Waals surface area contributed by atoms with Crippen molar-refractivity contribution in [2.24, 2.45) is 0 Å². The molecule has 0 bridgehead atoms. The van der Waals surface area contributed by atoms with Gasteiger partial charge in [0.25, 0.3) is 0 Å². The lowest BCUT2D eigenvalue weighted by molar-refractivity contribution is 1.06. The number of hydrogen-bond donors (Lipinski definition) is 2. The molecule has 7 heteroatoms. The van der Waals surface area contributed by atoms with E-state index < -0.39 is 0 Å². The molecule has 3 rings (SSSR count). The minimum Gasteiger partial charge on any atom is -0.383 e. The maximum absolute atomic E-state index is 5.83. The highest BCUT2D eigenvalue weighted by atomic mass is 35.5. The van der Waals surface area contributed by atoms with Gasteiger partial charge in [0, 0.05) is 0 Å². The minimum absolute atomic E-state index is 0.440. The monoisotopic (exact) mass is 251 g/mol. The van der Waals surface area contributed by atoms with Crippen LogP contribution in [0.3, 0.4) is 0 Å². The van der Waals surface area contributed by atoms with Gasteiger partial charge in [-0.1, -0.05) is 23.4 Å². The number of rotatable bonds is 0. The van der Waals surface area contributed by atoms with Gasteiger partial charge in [-0.2, -0.15) is 0 Å². The predicted octanol–water partition coefficient (Wildman–Crippen LogP) is 2.32. The molecule has 0 saturated carbocycles. The van der Waals surface area contributed by atoms with Crippen LogP contribution >= 0.6 is 23.4 Å². The number of nitrogens with two attached hydrogens (primary N) is 1. The van der Waals surface area contributed by atoms with Crippen LogP contribution in [0.25, 0.3) is 0 Å². The number of halogens is 1. The van der Waals surface area contributed by atoms with Crippen molar-refractivity contribution in [2.45, 2.75) is 9.92 Å². The van der Waals surface area contributed by atoms with Gasteiger partial charge in [-0.15, -0.1) is 0 Å². The summed E-state index contributed by atoms with van der Waals surface area (Å²) >= 11 is 7.24. The Balaban J connectivity index is 2.13. The largest absolute Gasteiger partial charge is 0.383 e. The maximum Gasteiger partial charge on any atom is 0.150 e. The van der Waals surface area contributed by atoms with Crippen LogP contribution in [0, 0.1) is 0 Å². The Morgan fingerprint density at radius 1 is 1.31 bits per heavy atom. The Morgan fingerprint density at radius 2 is 2.19 bits per heavy atom. The molecule has 3 heterocycles. The molecule has 5 nitrogen and oxygen atoms in total. The van der Waals surface area contributed by atoms with E-state index in [4.69, 9.17) is 17.3 Å². The van der Waals surface area contributed by atoms with Crippen molar-refractivity contribution in [1.29, 1.82) is 0 Å². The standard InChI is InChI=1S/C9H6ClN5S/c10-5-2-1-4-9(15-5)16-6-7(11)12-3-13-8(6)14-4/h1-3H,(H3,11,12,13,14). The third-order valence-corrected chi connectivity index (χ3v) is 3.43. The van der Waals surface area contributed by atoms with Crippen LogP contribution in [0.15, 0.2) is 28.4 Å². The lowest BCUT2D eigenvalue weighted by Crippen LogP contribution is -2.06. The van der Waals surface area contributed by atoms with Crippen molar-refractivity contribution in [3.63, 3.8) is 0 Å². The van der Waals surface area contributed by atoms with Crippen LogP contribution in [-0.4, -0.2) is 15.0 Å². The van der Waals surface area contributed by atoms with Gasteiger partial charge in [0.1, 0.15) is 28.1 Å². The van der Waals surface area contributed by atoms with Gasteiger partial charge in [0.05, 0.1) is 10.6 Å². The summed E-state index contributed by atoms with van der Waals surface area (Å²) in [7, 11) is 0. The Bertz CT molecular complexity index is 574. The first kappa shape index (κ1) is 9.68. The average molecular weight is 252 g/mol. The number of fused-ring (bicyclic) bond motifs is 2. The molecule has 1 aliphatic rings. The molecule has 0 fully saturated rings. The van der Waals surface area contributed by atoms with E-state index in [1.165, 1.54) is 18.1 Å². The summed E-state index contributed by atoms with van der Waals surface area (Å²) in [5.74, 6) is 1.14. The van der Waals surface area contributed by atoms with Crippen LogP contribution in [0.4, 0.5) is 17.3 Å². The van der Waals surface area contributed by atoms with E-state index in [1.54, 1.807) is 6.07 Å². The van der Waals surface area contributed by atoms with E-state index in [1.807, 2.05) is 6.07 Å². The van der Waals surface area contributed by atoms with Gasteiger partial charge in [-0.05, 0) is 12.1 Å². The third-order valence-electron chi connectivity index (χ3n) is 2.11. The molecule has 0 saturated heterocycles. The number of anilines is 3. The molecule has 80 valence electrons. The van der Waals surface area contributed by atoms with Gasteiger partial charge in [0.15, 0.2) is 0 Å². The molecule has 0 aromatic carbocycles. The van der Waals surface area contributed by atoms with Gasteiger partial charge >= 0.3 is 0 Å². The van der Waals surface area contributed by atoms with E-state index in [-0.39, 0.29) is 0 Å². The molecule has 0 aliphatic carbocycles. The van der Waals surface area contributed by atoms with E-state index in [2.05, 4.69) is 20.3 Å². The Morgan fingerprint density at radius 3 is 3.06 bits per heavy atom. The van der Waals surface area contributed by atoms with Crippen molar-refractivity contribution in [3.8, 4) is 0 Å². The lowest BCUT2D eigenvalue weighted by Gasteiger charge is -2.19. The highest BCUT2D eigenvalue weighted by molar-refractivity contribution is 7.99. The zero-order chi connectivity index (χ0) is 11.1. The quantitative estimate of drug-likeness (QED) is 0.597. The molecule has 0 atom stereocenters. The summed E-state index contributed by atoms with van der Waals surface area (Å²) < 4.78 is 0. The smallest absolute Gasteiger partial charge is 0.150 e. The lowest BCUT2D eigenvalue weighted by atomic mass is 10.4. The van der Waals surface area contributed by atoms with Crippen molar-refractivity contribution in [1.82, 2.24) is 15.0 Å². The fraction of sp³-hybridized carbons (Fsp3) is 0. The summed E-state index contributed by atoms with van der Waals surface area (Å²) in [5.41, 5.74) is 6.64. The summed E-state index contributed by atoms with van der Waals surface area (Å²) in [4.78, 5) is 13.0. The fourth-order valence-corrected chi connectivity index (χ4v) is 2.51. The Hall–Kier alpha value is -1.53. The third kappa shape index (κ3) is 1.46.